The number of piperidine rings is 1. The first-order chi connectivity index (χ1) is 14.0. The molecule has 4 nitrogen and oxygen atoms in total. The minimum absolute atomic E-state index is 0.0362. The van der Waals surface area contributed by atoms with Crippen molar-refractivity contribution in [1.29, 1.82) is 5.26 Å². The SMILES string of the molecule is N#CC1(c2ccc(NC(=O)[C@@H]3CCCN(Cc4c(Cl)cccc4Cl)C3)cc2)CC1. The number of nitrogens with zero attached hydrogens (tertiary/aromatic N) is 2. The summed E-state index contributed by atoms with van der Waals surface area (Å²) in [5, 5.41) is 13.7. The Morgan fingerprint density at radius 2 is 1.86 bits per heavy atom. The Hall–Kier alpha value is -2.06. The maximum atomic E-state index is 12.8. The topological polar surface area (TPSA) is 56.1 Å². The molecule has 1 N–H and O–H groups in total. The third kappa shape index (κ3) is 4.43. The second-order valence-electron chi connectivity index (χ2n) is 8.03. The van der Waals surface area contributed by atoms with Crippen LogP contribution in [0, 0.1) is 17.2 Å². The van der Waals surface area contributed by atoms with Crippen molar-refractivity contribution in [3.8, 4) is 6.07 Å². The van der Waals surface area contributed by atoms with Crippen LogP contribution in [0.1, 0.15) is 36.8 Å². The van der Waals surface area contributed by atoms with Crippen LogP contribution in [-0.2, 0) is 16.8 Å². The lowest BCUT2D eigenvalue weighted by atomic mass is 9.96. The molecule has 1 aliphatic heterocycles. The predicted octanol–water partition coefficient (Wildman–Crippen LogP) is 5.40. The predicted molar refractivity (Wildman–Crippen MR) is 116 cm³/mol. The van der Waals surface area contributed by atoms with Gasteiger partial charge in [0.25, 0.3) is 0 Å². The number of carbonyl (C=O) groups is 1. The van der Waals surface area contributed by atoms with Crippen molar-refractivity contribution in [3.05, 3.63) is 63.6 Å². The lowest BCUT2D eigenvalue weighted by molar-refractivity contribution is -0.121. The second-order valence-corrected chi connectivity index (χ2v) is 8.85. The molecule has 2 aliphatic rings. The molecule has 1 saturated carbocycles. The Kier molecular flexibility index (Phi) is 5.83. The summed E-state index contributed by atoms with van der Waals surface area (Å²) in [5.74, 6) is -0.0345. The van der Waals surface area contributed by atoms with E-state index in [0.717, 1.165) is 49.0 Å². The van der Waals surface area contributed by atoms with Crippen molar-refractivity contribution in [3.63, 3.8) is 0 Å². The first-order valence-corrected chi connectivity index (χ1v) is 10.7. The van der Waals surface area contributed by atoms with Gasteiger partial charge in [-0.15, -0.1) is 0 Å². The van der Waals surface area contributed by atoms with E-state index in [0.29, 0.717) is 23.1 Å². The number of hydrogen-bond acceptors (Lipinski definition) is 3. The molecule has 1 amide bonds. The highest BCUT2D eigenvalue weighted by Crippen LogP contribution is 2.47. The summed E-state index contributed by atoms with van der Waals surface area (Å²) in [5.41, 5.74) is 2.43. The van der Waals surface area contributed by atoms with E-state index in [4.69, 9.17) is 23.2 Å². The van der Waals surface area contributed by atoms with Crippen LogP contribution in [0.4, 0.5) is 5.69 Å². The minimum Gasteiger partial charge on any atom is -0.326 e. The van der Waals surface area contributed by atoms with Gasteiger partial charge in [-0.05, 0) is 62.1 Å². The maximum absolute atomic E-state index is 12.8. The Morgan fingerprint density at radius 3 is 2.48 bits per heavy atom. The number of rotatable bonds is 5. The van der Waals surface area contributed by atoms with Gasteiger partial charge in [-0.3, -0.25) is 9.69 Å². The van der Waals surface area contributed by atoms with E-state index in [-0.39, 0.29) is 17.2 Å². The molecule has 29 heavy (non-hydrogen) atoms. The zero-order valence-electron chi connectivity index (χ0n) is 16.1. The zero-order chi connectivity index (χ0) is 20.4. The average Bonchev–Trinajstić information content (AvgIpc) is 3.53. The van der Waals surface area contributed by atoms with Crippen LogP contribution in [0.15, 0.2) is 42.5 Å². The van der Waals surface area contributed by atoms with Gasteiger partial charge in [0.2, 0.25) is 5.91 Å². The molecular weight excluding hydrogens is 405 g/mol. The van der Waals surface area contributed by atoms with Crippen molar-refractivity contribution in [2.75, 3.05) is 18.4 Å². The van der Waals surface area contributed by atoms with Crippen LogP contribution in [0.3, 0.4) is 0 Å². The Morgan fingerprint density at radius 1 is 1.17 bits per heavy atom. The fourth-order valence-electron chi connectivity index (χ4n) is 4.03. The van der Waals surface area contributed by atoms with E-state index < -0.39 is 0 Å². The van der Waals surface area contributed by atoms with Gasteiger partial charge in [0.1, 0.15) is 0 Å². The van der Waals surface area contributed by atoms with Crippen LogP contribution in [0.5, 0.6) is 0 Å². The number of benzene rings is 2. The third-order valence-corrected chi connectivity index (χ3v) is 6.70. The number of likely N-dealkylation sites (tertiary alicyclic amines) is 1. The van der Waals surface area contributed by atoms with Gasteiger partial charge < -0.3 is 5.32 Å². The molecule has 150 valence electrons. The summed E-state index contributed by atoms with van der Waals surface area (Å²) in [7, 11) is 0. The first-order valence-electron chi connectivity index (χ1n) is 9.99. The van der Waals surface area contributed by atoms with Gasteiger partial charge in [0.15, 0.2) is 0 Å². The van der Waals surface area contributed by atoms with Gasteiger partial charge in [-0.25, -0.2) is 0 Å². The van der Waals surface area contributed by atoms with Gasteiger partial charge in [-0.2, -0.15) is 5.26 Å². The van der Waals surface area contributed by atoms with Crippen LogP contribution in [-0.4, -0.2) is 23.9 Å². The van der Waals surface area contributed by atoms with Gasteiger partial charge in [0.05, 0.1) is 17.4 Å². The number of nitrogens with one attached hydrogen (secondary N) is 1. The quantitative estimate of drug-likeness (QED) is 0.694. The van der Waals surface area contributed by atoms with Gasteiger partial charge in [-0.1, -0.05) is 41.4 Å². The summed E-state index contributed by atoms with van der Waals surface area (Å²) in [6.45, 7) is 2.26. The van der Waals surface area contributed by atoms with E-state index in [9.17, 15) is 10.1 Å². The van der Waals surface area contributed by atoms with Crippen LogP contribution in [0.2, 0.25) is 10.0 Å². The van der Waals surface area contributed by atoms with E-state index in [1.54, 1.807) is 0 Å². The standard InChI is InChI=1S/C23H23Cl2N3O/c24-20-4-1-5-21(25)19(20)14-28-12-2-3-16(13-28)22(29)27-18-8-6-17(7-9-18)23(15-26)10-11-23/h1,4-9,16H,2-3,10-14H2,(H,27,29)/t16-/m1/s1. The van der Waals surface area contributed by atoms with Crippen LogP contribution in [0.25, 0.3) is 0 Å². The number of nitriles is 1. The number of amides is 1. The Bertz CT molecular complexity index is 927. The van der Waals surface area contributed by atoms with Crippen molar-refractivity contribution < 1.29 is 4.79 Å². The molecule has 0 radical (unpaired) electrons. The van der Waals surface area contributed by atoms with Crippen LogP contribution < -0.4 is 5.32 Å². The van der Waals surface area contributed by atoms with E-state index in [1.807, 2.05) is 42.5 Å². The van der Waals surface area contributed by atoms with Crippen molar-refractivity contribution in [2.45, 2.75) is 37.6 Å². The number of anilines is 1. The molecular formula is C23H23Cl2N3O. The molecule has 0 aromatic heterocycles. The third-order valence-electron chi connectivity index (χ3n) is 5.99. The van der Waals surface area contributed by atoms with E-state index in [1.165, 1.54) is 0 Å². The minimum atomic E-state index is -0.299. The first kappa shape index (κ1) is 20.2. The number of hydrogen-bond donors (Lipinski definition) is 1. The molecule has 4 rings (SSSR count). The molecule has 2 fully saturated rings. The number of halogens is 2. The number of carbonyl (C=O) groups excluding carboxylic acids is 1. The highest BCUT2D eigenvalue weighted by atomic mass is 35.5. The molecule has 1 atom stereocenters. The monoisotopic (exact) mass is 427 g/mol. The van der Waals surface area contributed by atoms with Crippen molar-refractivity contribution in [1.82, 2.24) is 4.90 Å². The van der Waals surface area contributed by atoms with Crippen LogP contribution >= 0.6 is 23.2 Å². The summed E-state index contributed by atoms with van der Waals surface area (Å²) in [4.78, 5) is 15.1. The molecule has 1 saturated heterocycles. The largest absolute Gasteiger partial charge is 0.326 e. The summed E-state index contributed by atoms with van der Waals surface area (Å²) in [6, 6.07) is 15.6. The second kappa shape index (κ2) is 8.36. The van der Waals surface area contributed by atoms with Gasteiger partial charge in [0, 0.05) is 34.4 Å². The summed E-state index contributed by atoms with van der Waals surface area (Å²) in [6.07, 6.45) is 3.67. The highest BCUT2D eigenvalue weighted by Gasteiger charge is 2.44. The molecule has 0 spiro atoms. The molecule has 1 heterocycles. The molecule has 1 aliphatic carbocycles. The zero-order valence-corrected chi connectivity index (χ0v) is 17.6. The normalized spacial score (nSPS) is 20.7. The average molecular weight is 428 g/mol. The lowest BCUT2D eigenvalue weighted by Crippen LogP contribution is -2.40. The van der Waals surface area contributed by atoms with E-state index in [2.05, 4.69) is 16.3 Å². The maximum Gasteiger partial charge on any atom is 0.228 e. The smallest absolute Gasteiger partial charge is 0.228 e. The molecule has 6 heteroatoms. The molecule has 2 aromatic rings. The fourth-order valence-corrected chi connectivity index (χ4v) is 4.54. The Labute approximate surface area is 181 Å². The highest BCUT2D eigenvalue weighted by molar-refractivity contribution is 6.35. The Balaban J connectivity index is 1.37. The lowest BCUT2D eigenvalue weighted by Gasteiger charge is -2.32. The summed E-state index contributed by atoms with van der Waals surface area (Å²) >= 11 is 12.6. The van der Waals surface area contributed by atoms with Crippen molar-refractivity contribution in [2.24, 2.45) is 5.92 Å². The molecule has 0 unspecified atom stereocenters. The van der Waals surface area contributed by atoms with E-state index >= 15 is 0 Å². The summed E-state index contributed by atoms with van der Waals surface area (Å²) < 4.78 is 0. The van der Waals surface area contributed by atoms with Crippen molar-refractivity contribution >= 4 is 34.8 Å². The van der Waals surface area contributed by atoms with Gasteiger partial charge >= 0.3 is 0 Å². The molecule has 0 bridgehead atoms. The molecule has 2 aromatic carbocycles. The fraction of sp³-hybridized carbons (Fsp3) is 0.391.